The lowest BCUT2D eigenvalue weighted by Crippen LogP contribution is -2.08. The quantitative estimate of drug-likeness (QED) is 0.461. The van der Waals surface area contributed by atoms with E-state index in [4.69, 9.17) is 4.74 Å². The van der Waals surface area contributed by atoms with E-state index in [1.807, 2.05) is 30.3 Å². The van der Waals surface area contributed by atoms with Crippen molar-refractivity contribution < 1.29 is 14.3 Å². The van der Waals surface area contributed by atoms with Crippen molar-refractivity contribution in [1.82, 2.24) is 0 Å². The Bertz CT molecular complexity index is 452. The fourth-order valence-corrected chi connectivity index (χ4v) is 1.78. The van der Waals surface area contributed by atoms with Gasteiger partial charge in [-0.3, -0.25) is 9.59 Å². The zero-order chi connectivity index (χ0) is 13.4. The third-order valence-electron chi connectivity index (χ3n) is 2.20. The molecule has 0 fully saturated rings. The lowest BCUT2D eigenvalue weighted by atomic mass is 10.1. The Hall–Kier alpha value is -1.42. The maximum absolute atomic E-state index is 11.1. The predicted molar refractivity (Wildman–Crippen MR) is 73.2 cm³/mol. The maximum Gasteiger partial charge on any atom is 0.313 e. The van der Waals surface area contributed by atoms with Gasteiger partial charge in [-0.25, -0.2) is 0 Å². The van der Waals surface area contributed by atoms with Crippen molar-refractivity contribution in [3.63, 3.8) is 0 Å². The molecule has 0 radical (unpaired) electrons. The Kier molecular flexibility index (Phi) is 6.36. The minimum atomic E-state index is -0.479. The van der Waals surface area contributed by atoms with Crippen molar-refractivity contribution in [2.75, 3.05) is 6.61 Å². The lowest BCUT2D eigenvalue weighted by Gasteiger charge is -2.00. The van der Waals surface area contributed by atoms with Crippen LogP contribution >= 0.6 is 15.9 Å². The van der Waals surface area contributed by atoms with Gasteiger partial charge in [0.05, 0.1) is 0 Å². The Morgan fingerprint density at radius 3 is 2.67 bits per heavy atom. The van der Waals surface area contributed by atoms with Gasteiger partial charge in [0.1, 0.15) is 18.8 Å². The van der Waals surface area contributed by atoms with Gasteiger partial charge in [-0.2, -0.15) is 0 Å². The number of halogens is 1. The summed E-state index contributed by atoms with van der Waals surface area (Å²) < 4.78 is 5.92. The van der Waals surface area contributed by atoms with Crippen LogP contribution < -0.4 is 0 Å². The molecule has 18 heavy (non-hydrogen) atoms. The molecule has 0 aliphatic carbocycles. The van der Waals surface area contributed by atoms with E-state index >= 15 is 0 Å². The minimum Gasteiger partial charge on any atom is -0.461 e. The van der Waals surface area contributed by atoms with E-state index in [0.717, 1.165) is 10.9 Å². The number of ether oxygens (including phenoxy) is 1. The molecule has 0 aromatic heterocycles. The van der Waals surface area contributed by atoms with Crippen LogP contribution in [-0.4, -0.2) is 18.4 Å². The fourth-order valence-electron chi connectivity index (χ4n) is 1.34. The number of Topliss-reactive ketones (excluding diaryl/α,β-unsaturated/α-hetero) is 1. The first kappa shape index (κ1) is 14.6. The van der Waals surface area contributed by atoms with Gasteiger partial charge in [0, 0.05) is 4.47 Å². The van der Waals surface area contributed by atoms with E-state index in [0.29, 0.717) is 0 Å². The lowest BCUT2D eigenvalue weighted by molar-refractivity contribution is -0.144. The Morgan fingerprint density at radius 2 is 2.00 bits per heavy atom. The highest BCUT2D eigenvalue weighted by atomic mass is 79.9. The summed E-state index contributed by atoms with van der Waals surface area (Å²) in [6, 6.07) is 7.94. The van der Waals surface area contributed by atoms with Gasteiger partial charge in [-0.05, 0) is 25.0 Å². The van der Waals surface area contributed by atoms with Gasteiger partial charge in [0.15, 0.2) is 0 Å². The minimum absolute atomic E-state index is 0.155. The van der Waals surface area contributed by atoms with Gasteiger partial charge in [-0.1, -0.05) is 46.3 Å². The van der Waals surface area contributed by atoms with Gasteiger partial charge in [0.25, 0.3) is 0 Å². The number of carbonyl (C=O) groups excluding carboxylic acids is 2. The van der Waals surface area contributed by atoms with Crippen molar-refractivity contribution in [3.8, 4) is 0 Å². The summed E-state index contributed by atoms with van der Waals surface area (Å²) in [4.78, 5) is 21.7. The van der Waals surface area contributed by atoms with Crippen molar-refractivity contribution in [2.24, 2.45) is 0 Å². The van der Waals surface area contributed by atoms with Gasteiger partial charge >= 0.3 is 5.97 Å². The zero-order valence-corrected chi connectivity index (χ0v) is 11.8. The van der Waals surface area contributed by atoms with Crippen LogP contribution in [0.2, 0.25) is 0 Å². The molecule has 1 aromatic rings. The number of hydrogen-bond donors (Lipinski definition) is 0. The summed E-state index contributed by atoms with van der Waals surface area (Å²) in [7, 11) is 0. The van der Waals surface area contributed by atoms with E-state index < -0.39 is 5.97 Å². The molecule has 0 bridgehead atoms. The first-order chi connectivity index (χ1) is 8.59. The second-order valence-electron chi connectivity index (χ2n) is 3.83. The van der Waals surface area contributed by atoms with E-state index in [1.54, 1.807) is 6.08 Å². The number of allylic oxidation sites excluding steroid dienone is 1. The number of esters is 1. The van der Waals surface area contributed by atoms with E-state index in [9.17, 15) is 9.59 Å². The molecule has 0 N–H and O–H groups in total. The molecule has 0 atom stereocenters. The Morgan fingerprint density at radius 1 is 1.28 bits per heavy atom. The van der Waals surface area contributed by atoms with E-state index in [2.05, 4.69) is 15.9 Å². The first-order valence-electron chi connectivity index (χ1n) is 5.63. The third-order valence-corrected chi connectivity index (χ3v) is 2.97. The highest BCUT2D eigenvalue weighted by Crippen LogP contribution is 2.16. The van der Waals surface area contributed by atoms with Crippen molar-refractivity contribution in [2.45, 2.75) is 19.8 Å². The highest BCUT2D eigenvalue weighted by Gasteiger charge is 2.04. The van der Waals surface area contributed by atoms with Crippen LogP contribution in [0, 0.1) is 0 Å². The predicted octanol–water partition coefficient (Wildman–Crippen LogP) is 3.07. The van der Waals surface area contributed by atoms with E-state index in [-0.39, 0.29) is 18.8 Å². The summed E-state index contributed by atoms with van der Waals surface area (Å²) in [6.45, 7) is 1.57. The molecular formula is C14H15BrO3. The van der Waals surface area contributed by atoms with Crippen LogP contribution in [-0.2, 0) is 20.7 Å². The van der Waals surface area contributed by atoms with Crippen LogP contribution in [0.5, 0.6) is 0 Å². The molecule has 1 aromatic carbocycles. The molecule has 0 aliphatic rings. The zero-order valence-electron chi connectivity index (χ0n) is 10.2. The number of hydrogen-bond acceptors (Lipinski definition) is 3. The van der Waals surface area contributed by atoms with Gasteiger partial charge in [0.2, 0.25) is 0 Å². The van der Waals surface area contributed by atoms with Crippen LogP contribution in [0.25, 0.3) is 0 Å². The molecule has 0 spiro atoms. The maximum atomic E-state index is 11.1. The number of carbonyl (C=O) groups is 2. The molecule has 0 saturated carbocycles. The Balaban J connectivity index is 2.28. The second kappa shape index (κ2) is 7.82. The standard InChI is InChI=1S/C14H15BrO3/c1-11(16)10-14(17)18-9-5-4-7-12-6-2-3-8-13(12)15/h2-6,8H,7,9-10H2,1H3/b5-4+. The third kappa shape index (κ3) is 5.77. The molecule has 4 heteroatoms. The monoisotopic (exact) mass is 310 g/mol. The molecular weight excluding hydrogens is 296 g/mol. The summed E-state index contributed by atoms with van der Waals surface area (Å²) in [5.74, 6) is -0.662. The van der Waals surface area contributed by atoms with Crippen LogP contribution in [0.4, 0.5) is 0 Å². The van der Waals surface area contributed by atoms with Gasteiger partial charge < -0.3 is 4.74 Å². The average molecular weight is 311 g/mol. The average Bonchev–Trinajstić information content (AvgIpc) is 2.30. The highest BCUT2D eigenvalue weighted by molar-refractivity contribution is 9.10. The van der Waals surface area contributed by atoms with Gasteiger partial charge in [-0.15, -0.1) is 0 Å². The smallest absolute Gasteiger partial charge is 0.313 e. The molecule has 96 valence electrons. The van der Waals surface area contributed by atoms with Crippen molar-refractivity contribution in [1.29, 1.82) is 0 Å². The summed E-state index contributed by atoms with van der Waals surface area (Å²) in [5, 5.41) is 0. The Labute approximate surface area is 115 Å². The molecule has 0 saturated heterocycles. The number of benzene rings is 1. The van der Waals surface area contributed by atoms with Crippen molar-refractivity contribution in [3.05, 3.63) is 46.5 Å². The molecule has 1 rings (SSSR count). The molecule has 3 nitrogen and oxygen atoms in total. The molecule has 0 unspecified atom stereocenters. The SMILES string of the molecule is CC(=O)CC(=O)OC/C=C/Cc1ccccc1Br. The molecule has 0 aliphatic heterocycles. The largest absolute Gasteiger partial charge is 0.461 e. The van der Waals surface area contributed by atoms with E-state index in [1.165, 1.54) is 12.5 Å². The summed E-state index contributed by atoms with van der Waals surface area (Å²) >= 11 is 3.46. The van der Waals surface area contributed by atoms with Crippen LogP contribution in [0.3, 0.4) is 0 Å². The molecule has 0 heterocycles. The molecule has 0 amide bonds. The topological polar surface area (TPSA) is 43.4 Å². The van der Waals surface area contributed by atoms with Crippen LogP contribution in [0.15, 0.2) is 40.9 Å². The first-order valence-corrected chi connectivity index (χ1v) is 6.42. The normalized spacial score (nSPS) is 10.6. The number of ketones is 1. The fraction of sp³-hybridized carbons (Fsp3) is 0.286. The van der Waals surface area contributed by atoms with Crippen LogP contribution in [0.1, 0.15) is 18.9 Å². The second-order valence-corrected chi connectivity index (χ2v) is 4.68. The summed E-state index contributed by atoms with van der Waals surface area (Å²) in [5.41, 5.74) is 1.17. The number of rotatable bonds is 6. The summed E-state index contributed by atoms with van der Waals surface area (Å²) in [6.07, 6.45) is 4.32. The van der Waals surface area contributed by atoms with Crippen molar-refractivity contribution >= 4 is 27.7 Å².